The standard InChI is InChI=1S/C8H19NO3S/c1-8(3-5-10)7-9-4-6-13(2,11)12/h8-10H,3-7H2,1-2H3. The van der Waals surface area contributed by atoms with Crippen molar-refractivity contribution in [3.05, 3.63) is 0 Å². The van der Waals surface area contributed by atoms with Crippen LogP contribution >= 0.6 is 0 Å². The van der Waals surface area contributed by atoms with E-state index in [1.54, 1.807) is 0 Å². The average Bonchev–Trinajstić information content (AvgIpc) is 1.97. The topological polar surface area (TPSA) is 66.4 Å². The predicted molar refractivity (Wildman–Crippen MR) is 53.4 cm³/mol. The number of hydrogen-bond donors (Lipinski definition) is 2. The Morgan fingerprint density at radius 2 is 2.08 bits per heavy atom. The zero-order chi connectivity index (χ0) is 10.3. The molecule has 0 heterocycles. The molecule has 0 aromatic rings. The Labute approximate surface area is 80.3 Å². The number of nitrogens with one attached hydrogen (secondary N) is 1. The first-order valence-electron chi connectivity index (χ1n) is 4.45. The van der Waals surface area contributed by atoms with Gasteiger partial charge in [-0.15, -0.1) is 0 Å². The summed E-state index contributed by atoms with van der Waals surface area (Å²) in [6, 6.07) is 0. The monoisotopic (exact) mass is 209 g/mol. The highest BCUT2D eigenvalue weighted by atomic mass is 32.2. The smallest absolute Gasteiger partial charge is 0.148 e. The number of hydrogen-bond acceptors (Lipinski definition) is 4. The molecule has 0 spiro atoms. The molecule has 0 fully saturated rings. The molecular formula is C8H19NO3S. The molecule has 1 unspecified atom stereocenters. The molecule has 80 valence electrons. The molecule has 5 heteroatoms. The summed E-state index contributed by atoms with van der Waals surface area (Å²) < 4.78 is 21.4. The molecule has 4 nitrogen and oxygen atoms in total. The Kier molecular flexibility index (Phi) is 6.28. The van der Waals surface area contributed by atoms with E-state index in [-0.39, 0.29) is 12.4 Å². The lowest BCUT2D eigenvalue weighted by molar-refractivity contribution is 0.260. The van der Waals surface area contributed by atoms with E-state index in [0.29, 0.717) is 12.5 Å². The van der Waals surface area contributed by atoms with Crippen molar-refractivity contribution in [3.63, 3.8) is 0 Å². The zero-order valence-electron chi connectivity index (χ0n) is 8.28. The number of aliphatic hydroxyl groups excluding tert-OH is 1. The van der Waals surface area contributed by atoms with E-state index in [4.69, 9.17) is 5.11 Å². The van der Waals surface area contributed by atoms with Gasteiger partial charge in [-0.25, -0.2) is 8.42 Å². The third kappa shape index (κ3) is 9.79. The van der Waals surface area contributed by atoms with Gasteiger partial charge in [0.2, 0.25) is 0 Å². The molecule has 0 saturated carbocycles. The molecule has 2 N–H and O–H groups in total. The van der Waals surface area contributed by atoms with Crippen molar-refractivity contribution in [3.8, 4) is 0 Å². The molecule has 0 radical (unpaired) electrons. The lowest BCUT2D eigenvalue weighted by Crippen LogP contribution is -2.27. The van der Waals surface area contributed by atoms with Crippen molar-refractivity contribution >= 4 is 9.84 Å². The van der Waals surface area contributed by atoms with Crippen LogP contribution in [0.3, 0.4) is 0 Å². The first-order valence-corrected chi connectivity index (χ1v) is 6.51. The molecule has 0 aliphatic heterocycles. The largest absolute Gasteiger partial charge is 0.396 e. The molecule has 1 atom stereocenters. The summed E-state index contributed by atoms with van der Waals surface area (Å²) in [5, 5.41) is 11.6. The minimum absolute atomic E-state index is 0.179. The third-order valence-electron chi connectivity index (χ3n) is 1.76. The first kappa shape index (κ1) is 12.9. The molecule has 0 rings (SSSR count). The lowest BCUT2D eigenvalue weighted by Gasteiger charge is -2.10. The van der Waals surface area contributed by atoms with Crippen LogP contribution in [0.15, 0.2) is 0 Å². The van der Waals surface area contributed by atoms with Crippen LogP contribution in [-0.2, 0) is 9.84 Å². The van der Waals surface area contributed by atoms with Gasteiger partial charge in [0.1, 0.15) is 9.84 Å². The van der Waals surface area contributed by atoms with Crippen LogP contribution in [0.1, 0.15) is 13.3 Å². The minimum atomic E-state index is -2.85. The van der Waals surface area contributed by atoms with Crippen LogP contribution in [0.2, 0.25) is 0 Å². The third-order valence-corrected chi connectivity index (χ3v) is 2.71. The molecule has 0 aromatic heterocycles. The van der Waals surface area contributed by atoms with Gasteiger partial charge in [-0.3, -0.25) is 0 Å². The fourth-order valence-electron chi connectivity index (χ4n) is 0.928. The van der Waals surface area contributed by atoms with Gasteiger partial charge in [-0.2, -0.15) is 0 Å². The van der Waals surface area contributed by atoms with Crippen molar-refractivity contribution < 1.29 is 13.5 Å². The Bertz CT molecular complexity index is 213. The van der Waals surface area contributed by atoms with E-state index in [2.05, 4.69) is 5.32 Å². The number of aliphatic hydroxyl groups is 1. The summed E-state index contributed by atoms with van der Waals surface area (Å²) in [5.41, 5.74) is 0. The van der Waals surface area contributed by atoms with Gasteiger partial charge < -0.3 is 10.4 Å². The Morgan fingerprint density at radius 1 is 1.46 bits per heavy atom. The minimum Gasteiger partial charge on any atom is -0.396 e. The van der Waals surface area contributed by atoms with E-state index < -0.39 is 9.84 Å². The van der Waals surface area contributed by atoms with Crippen molar-refractivity contribution in [1.29, 1.82) is 0 Å². The van der Waals surface area contributed by atoms with Gasteiger partial charge >= 0.3 is 0 Å². The van der Waals surface area contributed by atoms with E-state index in [0.717, 1.165) is 13.0 Å². The highest BCUT2D eigenvalue weighted by Gasteiger charge is 2.03. The van der Waals surface area contributed by atoms with Crippen molar-refractivity contribution in [2.75, 3.05) is 31.7 Å². The normalized spacial score (nSPS) is 14.4. The maximum absolute atomic E-state index is 10.7. The molecule has 0 bridgehead atoms. The summed E-state index contributed by atoms with van der Waals surface area (Å²) in [5.74, 6) is 0.573. The van der Waals surface area contributed by atoms with E-state index in [1.165, 1.54) is 6.26 Å². The predicted octanol–water partition coefficient (Wildman–Crippen LogP) is -0.361. The molecule has 13 heavy (non-hydrogen) atoms. The van der Waals surface area contributed by atoms with Crippen molar-refractivity contribution in [2.24, 2.45) is 5.92 Å². The average molecular weight is 209 g/mol. The van der Waals surface area contributed by atoms with Crippen LogP contribution in [-0.4, -0.2) is 45.2 Å². The summed E-state index contributed by atoms with van der Waals surface area (Å²) in [6.07, 6.45) is 1.98. The zero-order valence-corrected chi connectivity index (χ0v) is 9.10. The maximum atomic E-state index is 10.7. The Hall–Kier alpha value is -0.130. The summed E-state index contributed by atoms with van der Waals surface area (Å²) in [4.78, 5) is 0. The fraction of sp³-hybridized carbons (Fsp3) is 1.00. The number of rotatable bonds is 7. The van der Waals surface area contributed by atoms with Crippen LogP contribution in [0.5, 0.6) is 0 Å². The summed E-state index contributed by atoms with van der Waals surface area (Å²) in [7, 11) is -2.85. The van der Waals surface area contributed by atoms with E-state index >= 15 is 0 Å². The fourth-order valence-corrected chi connectivity index (χ4v) is 1.44. The van der Waals surface area contributed by atoms with Gasteiger partial charge in [0, 0.05) is 19.4 Å². The van der Waals surface area contributed by atoms with Crippen molar-refractivity contribution in [2.45, 2.75) is 13.3 Å². The Morgan fingerprint density at radius 3 is 2.54 bits per heavy atom. The van der Waals surface area contributed by atoms with E-state index in [1.807, 2.05) is 6.92 Å². The lowest BCUT2D eigenvalue weighted by atomic mass is 10.1. The quantitative estimate of drug-likeness (QED) is 0.562. The molecular weight excluding hydrogens is 190 g/mol. The van der Waals surface area contributed by atoms with Gasteiger partial charge in [0.25, 0.3) is 0 Å². The molecule has 0 aliphatic rings. The van der Waals surface area contributed by atoms with Gasteiger partial charge in [-0.05, 0) is 18.9 Å². The van der Waals surface area contributed by atoms with Gasteiger partial charge in [0.05, 0.1) is 5.75 Å². The van der Waals surface area contributed by atoms with E-state index in [9.17, 15) is 8.42 Å². The second-order valence-electron chi connectivity index (χ2n) is 3.45. The second kappa shape index (κ2) is 6.34. The molecule has 0 saturated heterocycles. The SMILES string of the molecule is CC(CCO)CNCCS(C)(=O)=O. The molecule has 0 aliphatic carbocycles. The molecule has 0 amide bonds. The summed E-state index contributed by atoms with van der Waals surface area (Å²) >= 11 is 0. The van der Waals surface area contributed by atoms with Crippen LogP contribution < -0.4 is 5.32 Å². The summed E-state index contributed by atoms with van der Waals surface area (Å²) in [6.45, 7) is 3.46. The van der Waals surface area contributed by atoms with Crippen LogP contribution in [0.4, 0.5) is 0 Å². The second-order valence-corrected chi connectivity index (χ2v) is 5.71. The highest BCUT2D eigenvalue weighted by molar-refractivity contribution is 7.90. The maximum Gasteiger partial charge on any atom is 0.148 e. The van der Waals surface area contributed by atoms with Crippen molar-refractivity contribution in [1.82, 2.24) is 5.32 Å². The molecule has 0 aromatic carbocycles. The Balaban J connectivity index is 3.36. The highest BCUT2D eigenvalue weighted by Crippen LogP contribution is 1.97. The number of sulfone groups is 1. The van der Waals surface area contributed by atoms with Gasteiger partial charge in [0.15, 0.2) is 0 Å². The first-order chi connectivity index (χ1) is 5.95. The van der Waals surface area contributed by atoms with Gasteiger partial charge in [-0.1, -0.05) is 6.92 Å². The van der Waals surface area contributed by atoms with Crippen LogP contribution in [0.25, 0.3) is 0 Å². The van der Waals surface area contributed by atoms with Crippen LogP contribution in [0, 0.1) is 5.92 Å².